The lowest BCUT2D eigenvalue weighted by atomic mass is 10.1. The number of hydrogen-bond donors (Lipinski definition) is 2. The van der Waals surface area contributed by atoms with Crippen molar-refractivity contribution in [2.75, 3.05) is 24.5 Å². The Morgan fingerprint density at radius 3 is 3.04 bits per heavy atom. The summed E-state index contributed by atoms with van der Waals surface area (Å²) in [7, 11) is 0. The van der Waals surface area contributed by atoms with E-state index < -0.39 is 0 Å². The Bertz CT molecular complexity index is 644. The fourth-order valence-corrected chi connectivity index (χ4v) is 3.46. The van der Waals surface area contributed by atoms with Gasteiger partial charge < -0.3 is 15.5 Å². The van der Waals surface area contributed by atoms with Crippen molar-refractivity contribution in [1.82, 2.24) is 20.8 Å². The largest absolute Gasteiger partial charge is 0.354 e. The molecule has 1 unspecified atom stereocenters. The van der Waals surface area contributed by atoms with Crippen molar-refractivity contribution in [3.8, 4) is 0 Å². The van der Waals surface area contributed by atoms with Gasteiger partial charge in [0.1, 0.15) is 0 Å². The van der Waals surface area contributed by atoms with Crippen molar-refractivity contribution >= 4 is 23.1 Å². The summed E-state index contributed by atoms with van der Waals surface area (Å²) >= 11 is 1.66. The van der Waals surface area contributed by atoms with Gasteiger partial charge in [-0.1, -0.05) is 6.07 Å². The zero-order chi connectivity index (χ0) is 16.8. The van der Waals surface area contributed by atoms with Crippen molar-refractivity contribution in [2.45, 2.75) is 32.4 Å². The summed E-state index contributed by atoms with van der Waals surface area (Å²) in [6.45, 7) is 4.74. The molecule has 0 spiro atoms. The monoisotopic (exact) mass is 345 g/mol. The topological polar surface area (TPSA) is 70.2 Å². The summed E-state index contributed by atoms with van der Waals surface area (Å²) in [6, 6.07) is 8.32. The Balaban J connectivity index is 1.43. The number of nitrogens with one attached hydrogen (secondary N) is 2. The molecule has 3 rings (SSSR count). The molecule has 0 aromatic carbocycles. The number of anilines is 1. The molecule has 1 atom stereocenters. The molecule has 0 bridgehead atoms. The van der Waals surface area contributed by atoms with E-state index in [1.807, 2.05) is 36.6 Å². The SMILES string of the molecule is Cc1ccc(N2CCCC(NCC(=O)NCc3cccs3)C2)nn1. The highest BCUT2D eigenvalue weighted by atomic mass is 32.1. The van der Waals surface area contributed by atoms with Crippen LogP contribution in [0.1, 0.15) is 23.4 Å². The molecular formula is C17H23N5OS. The molecule has 1 saturated heterocycles. The second-order valence-corrected chi connectivity index (χ2v) is 7.09. The molecule has 2 aromatic heterocycles. The highest BCUT2D eigenvalue weighted by molar-refractivity contribution is 7.09. The van der Waals surface area contributed by atoms with Gasteiger partial charge in [-0.2, -0.15) is 5.10 Å². The number of amides is 1. The molecule has 0 saturated carbocycles. The van der Waals surface area contributed by atoms with E-state index in [2.05, 4.69) is 25.7 Å². The second-order valence-electron chi connectivity index (χ2n) is 6.06. The normalized spacial score (nSPS) is 17.7. The zero-order valence-electron chi connectivity index (χ0n) is 13.9. The summed E-state index contributed by atoms with van der Waals surface area (Å²) in [5, 5.41) is 16.7. The molecule has 2 N–H and O–H groups in total. The molecule has 3 heterocycles. The fourth-order valence-electron chi connectivity index (χ4n) is 2.81. The quantitative estimate of drug-likeness (QED) is 0.834. The number of thiophene rings is 1. The minimum absolute atomic E-state index is 0.0376. The molecule has 7 heteroatoms. The van der Waals surface area contributed by atoms with Crippen LogP contribution in [0, 0.1) is 6.92 Å². The lowest BCUT2D eigenvalue weighted by Crippen LogP contribution is -2.48. The first-order chi connectivity index (χ1) is 11.7. The van der Waals surface area contributed by atoms with Crippen LogP contribution in [0.2, 0.25) is 0 Å². The zero-order valence-corrected chi connectivity index (χ0v) is 14.7. The highest BCUT2D eigenvalue weighted by Crippen LogP contribution is 2.17. The molecule has 1 fully saturated rings. The number of hydrogen-bond acceptors (Lipinski definition) is 6. The first-order valence-corrected chi connectivity index (χ1v) is 9.16. The third-order valence-corrected chi connectivity index (χ3v) is 5.00. The van der Waals surface area contributed by atoms with Crippen LogP contribution in [0.5, 0.6) is 0 Å². The third-order valence-electron chi connectivity index (χ3n) is 4.12. The predicted octanol–water partition coefficient (Wildman–Crippen LogP) is 1.72. The molecule has 128 valence electrons. The van der Waals surface area contributed by atoms with E-state index in [9.17, 15) is 4.79 Å². The predicted molar refractivity (Wildman–Crippen MR) is 96.2 cm³/mol. The summed E-state index contributed by atoms with van der Waals surface area (Å²) in [4.78, 5) is 15.4. The molecule has 1 aliphatic rings. The van der Waals surface area contributed by atoms with Crippen LogP contribution in [-0.4, -0.2) is 41.8 Å². The number of carbonyl (C=O) groups is 1. The molecule has 24 heavy (non-hydrogen) atoms. The van der Waals surface area contributed by atoms with E-state index >= 15 is 0 Å². The van der Waals surface area contributed by atoms with E-state index in [1.165, 1.54) is 4.88 Å². The Morgan fingerprint density at radius 1 is 1.38 bits per heavy atom. The first kappa shape index (κ1) is 16.9. The van der Waals surface area contributed by atoms with Crippen LogP contribution >= 0.6 is 11.3 Å². The van der Waals surface area contributed by atoms with Crippen LogP contribution in [0.25, 0.3) is 0 Å². The second kappa shape index (κ2) is 8.21. The number of carbonyl (C=O) groups excluding carboxylic acids is 1. The number of rotatable bonds is 6. The van der Waals surface area contributed by atoms with Gasteiger partial charge in [-0.15, -0.1) is 16.4 Å². The van der Waals surface area contributed by atoms with Gasteiger partial charge in [-0.3, -0.25) is 4.79 Å². The minimum atomic E-state index is 0.0376. The van der Waals surface area contributed by atoms with Gasteiger partial charge in [0.2, 0.25) is 5.91 Å². The van der Waals surface area contributed by atoms with Crippen LogP contribution in [-0.2, 0) is 11.3 Å². The molecule has 2 aromatic rings. The van der Waals surface area contributed by atoms with Gasteiger partial charge in [0, 0.05) is 24.0 Å². The Kier molecular flexibility index (Phi) is 5.77. The third kappa shape index (κ3) is 4.75. The highest BCUT2D eigenvalue weighted by Gasteiger charge is 2.21. The van der Waals surface area contributed by atoms with Crippen molar-refractivity contribution in [3.05, 3.63) is 40.2 Å². The van der Waals surface area contributed by atoms with Gasteiger partial charge in [0.05, 0.1) is 18.8 Å². The van der Waals surface area contributed by atoms with Gasteiger partial charge in [0.25, 0.3) is 0 Å². The Hall–Kier alpha value is -1.99. The number of aromatic nitrogens is 2. The number of nitrogens with zero attached hydrogens (tertiary/aromatic N) is 3. The van der Waals surface area contributed by atoms with Crippen molar-refractivity contribution < 1.29 is 4.79 Å². The summed E-state index contributed by atoms with van der Waals surface area (Å²) < 4.78 is 0. The van der Waals surface area contributed by atoms with Gasteiger partial charge in [-0.05, 0) is 43.3 Å². The maximum absolute atomic E-state index is 12.0. The molecule has 6 nitrogen and oxygen atoms in total. The van der Waals surface area contributed by atoms with Crippen molar-refractivity contribution in [1.29, 1.82) is 0 Å². The average molecular weight is 345 g/mol. The Labute approximate surface area is 146 Å². The number of piperidine rings is 1. The smallest absolute Gasteiger partial charge is 0.234 e. The van der Waals surface area contributed by atoms with Crippen LogP contribution in [0.15, 0.2) is 29.6 Å². The molecule has 1 amide bonds. The van der Waals surface area contributed by atoms with Crippen LogP contribution < -0.4 is 15.5 Å². The molecule has 0 aliphatic carbocycles. The molecule has 0 radical (unpaired) electrons. The van der Waals surface area contributed by atoms with Gasteiger partial charge in [-0.25, -0.2) is 0 Å². The van der Waals surface area contributed by atoms with Crippen LogP contribution in [0.4, 0.5) is 5.82 Å². The standard InChI is InChI=1S/C17H23N5OS/c1-13-6-7-16(21-20-13)22-8-2-4-14(12-22)18-11-17(23)19-10-15-5-3-9-24-15/h3,5-7,9,14,18H,2,4,8,10-12H2,1H3,(H,19,23). The van der Waals surface area contributed by atoms with Gasteiger partial charge in [0.15, 0.2) is 5.82 Å². The van der Waals surface area contributed by atoms with E-state index in [4.69, 9.17) is 0 Å². The van der Waals surface area contributed by atoms with E-state index in [0.29, 0.717) is 19.1 Å². The van der Waals surface area contributed by atoms with Gasteiger partial charge >= 0.3 is 0 Å². The molecule has 1 aliphatic heterocycles. The summed E-state index contributed by atoms with van der Waals surface area (Å²) in [5.41, 5.74) is 0.924. The lowest BCUT2D eigenvalue weighted by Gasteiger charge is -2.33. The average Bonchev–Trinajstić information content (AvgIpc) is 3.13. The Morgan fingerprint density at radius 2 is 2.29 bits per heavy atom. The number of aryl methyl sites for hydroxylation is 1. The van der Waals surface area contributed by atoms with E-state index in [1.54, 1.807) is 11.3 Å². The minimum Gasteiger partial charge on any atom is -0.354 e. The van der Waals surface area contributed by atoms with E-state index in [0.717, 1.165) is 37.4 Å². The lowest BCUT2D eigenvalue weighted by molar-refractivity contribution is -0.120. The van der Waals surface area contributed by atoms with Crippen molar-refractivity contribution in [3.63, 3.8) is 0 Å². The fraction of sp³-hybridized carbons (Fsp3) is 0.471. The van der Waals surface area contributed by atoms with E-state index in [-0.39, 0.29) is 5.91 Å². The summed E-state index contributed by atoms with van der Waals surface area (Å²) in [5.74, 6) is 0.949. The molecular weight excluding hydrogens is 322 g/mol. The van der Waals surface area contributed by atoms with Crippen molar-refractivity contribution in [2.24, 2.45) is 0 Å². The maximum Gasteiger partial charge on any atom is 0.234 e. The summed E-state index contributed by atoms with van der Waals surface area (Å²) in [6.07, 6.45) is 2.16. The maximum atomic E-state index is 12.0. The first-order valence-electron chi connectivity index (χ1n) is 8.28. The van der Waals surface area contributed by atoms with Crippen LogP contribution in [0.3, 0.4) is 0 Å².